The fraction of sp³-hybridized carbons (Fsp3) is 0. The van der Waals surface area contributed by atoms with Gasteiger partial charge < -0.3 is 4.57 Å². The lowest BCUT2D eigenvalue weighted by molar-refractivity contribution is 1.18. The van der Waals surface area contributed by atoms with Gasteiger partial charge in [-0.15, -0.1) is 0 Å². The van der Waals surface area contributed by atoms with Gasteiger partial charge in [0.2, 0.25) is 0 Å². The molecule has 12 aromatic rings. The fourth-order valence-corrected chi connectivity index (χ4v) is 9.84. The summed E-state index contributed by atoms with van der Waals surface area (Å²) in [6.07, 6.45) is 4.16. The van der Waals surface area contributed by atoms with E-state index < -0.39 is 0 Å². The minimum absolute atomic E-state index is 0.208. The number of nitrogens with zero attached hydrogens (tertiary/aromatic N) is 2. The Labute approximate surface area is 389 Å². The Balaban J connectivity index is 0.888. The van der Waals surface area contributed by atoms with Crippen LogP contribution in [0, 0.1) is 5.41 Å². The second kappa shape index (κ2) is 16.9. The molecule has 67 heavy (non-hydrogen) atoms. The van der Waals surface area contributed by atoms with E-state index in [2.05, 4.69) is 229 Å². The Kier molecular flexibility index (Phi) is 10.00. The number of para-hydroxylation sites is 2. The van der Waals surface area contributed by atoms with Gasteiger partial charge in [0.05, 0.1) is 16.7 Å². The highest BCUT2D eigenvalue weighted by Crippen LogP contribution is 2.40. The summed E-state index contributed by atoms with van der Waals surface area (Å²) in [7, 11) is 0. The quantitative estimate of drug-likeness (QED) is 0.0685. The first-order valence-corrected chi connectivity index (χ1v) is 22.8. The summed E-state index contributed by atoms with van der Waals surface area (Å²) in [6.45, 7) is 0. The van der Waals surface area contributed by atoms with Crippen molar-refractivity contribution in [2.24, 2.45) is 4.99 Å². The summed E-state index contributed by atoms with van der Waals surface area (Å²) in [5.74, 6) is 0.208. The van der Waals surface area contributed by atoms with E-state index in [0.717, 1.165) is 50.1 Å². The van der Waals surface area contributed by atoms with Gasteiger partial charge in [-0.2, -0.15) is 0 Å². The molecule has 1 heterocycles. The monoisotopic (exact) mass is 853 g/mol. The molecule has 0 saturated carbocycles. The molecule has 0 aliphatic heterocycles. The van der Waals surface area contributed by atoms with Gasteiger partial charge in [-0.1, -0.05) is 212 Å². The summed E-state index contributed by atoms with van der Waals surface area (Å²) in [6, 6.07) is 86.0. The molecule has 0 fully saturated rings. The van der Waals surface area contributed by atoms with Crippen LogP contribution in [0.1, 0.15) is 16.7 Å². The minimum Gasteiger partial charge on any atom is -0.309 e. The van der Waals surface area contributed by atoms with E-state index >= 15 is 0 Å². The fourth-order valence-electron chi connectivity index (χ4n) is 9.84. The Hall–Kier alpha value is -8.92. The second-order valence-electron chi connectivity index (χ2n) is 17.1. The molecule has 0 atom stereocenters. The van der Waals surface area contributed by atoms with E-state index in [1.165, 1.54) is 59.7 Å². The SMILES string of the molecule is N=C(N=C(/C=C/c1ccc(-c2ccc(-c3c4ccccc4cc4c3ccc3ccccc34)cc2)cc1)c1ccccc1-c1ccc2c(c1)c1ccccc1n2-c1ccccc1)c1ccccc1. The van der Waals surface area contributed by atoms with Crippen molar-refractivity contribution in [2.75, 3.05) is 0 Å². The average Bonchev–Trinajstić information content (AvgIpc) is 3.73. The van der Waals surface area contributed by atoms with Crippen molar-refractivity contribution in [3.05, 3.63) is 265 Å². The van der Waals surface area contributed by atoms with Gasteiger partial charge in [0.25, 0.3) is 0 Å². The smallest absolute Gasteiger partial charge is 0.152 e. The Morgan fingerprint density at radius 1 is 0.403 bits per heavy atom. The molecule has 11 aromatic carbocycles. The van der Waals surface area contributed by atoms with Crippen LogP contribution < -0.4 is 0 Å². The van der Waals surface area contributed by atoms with E-state index in [-0.39, 0.29) is 5.84 Å². The molecular weight excluding hydrogens is 811 g/mol. The number of hydrogen-bond acceptors (Lipinski definition) is 1. The number of aliphatic imine (C=N–C) groups is 1. The van der Waals surface area contributed by atoms with E-state index in [0.29, 0.717) is 5.71 Å². The normalized spacial score (nSPS) is 12.0. The molecule has 12 rings (SSSR count). The molecule has 0 amide bonds. The summed E-state index contributed by atoms with van der Waals surface area (Å²) in [5.41, 5.74) is 13.8. The first-order valence-electron chi connectivity index (χ1n) is 22.8. The molecule has 0 unspecified atom stereocenters. The zero-order valence-electron chi connectivity index (χ0n) is 36.6. The number of hydrogen-bond donors (Lipinski definition) is 1. The maximum atomic E-state index is 9.13. The zero-order chi connectivity index (χ0) is 44.7. The summed E-state index contributed by atoms with van der Waals surface area (Å²) >= 11 is 0. The third kappa shape index (κ3) is 7.29. The lowest BCUT2D eigenvalue weighted by Gasteiger charge is -2.14. The van der Waals surface area contributed by atoms with Crippen LogP contribution >= 0.6 is 0 Å². The molecule has 0 aliphatic rings. The molecule has 3 heteroatoms. The van der Waals surface area contributed by atoms with Gasteiger partial charge in [0, 0.05) is 27.6 Å². The molecule has 0 saturated heterocycles. The van der Waals surface area contributed by atoms with Gasteiger partial charge in [-0.3, -0.25) is 5.41 Å². The molecular formula is C64H43N3. The average molecular weight is 854 g/mol. The van der Waals surface area contributed by atoms with Crippen molar-refractivity contribution in [3.8, 4) is 39.1 Å². The molecule has 0 radical (unpaired) electrons. The maximum Gasteiger partial charge on any atom is 0.152 e. The maximum absolute atomic E-state index is 9.13. The van der Waals surface area contributed by atoms with Crippen LogP contribution in [0.2, 0.25) is 0 Å². The van der Waals surface area contributed by atoms with Gasteiger partial charge in [0.1, 0.15) is 0 Å². The topological polar surface area (TPSA) is 41.1 Å². The van der Waals surface area contributed by atoms with Crippen molar-refractivity contribution >= 4 is 71.7 Å². The number of nitrogens with one attached hydrogen (secondary N) is 1. The van der Waals surface area contributed by atoms with Crippen LogP contribution in [0.15, 0.2) is 254 Å². The number of benzene rings is 11. The summed E-state index contributed by atoms with van der Waals surface area (Å²) < 4.78 is 2.34. The van der Waals surface area contributed by atoms with Gasteiger partial charge >= 0.3 is 0 Å². The molecule has 314 valence electrons. The number of amidine groups is 1. The van der Waals surface area contributed by atoms with Crippen molar-refractivity contribution in [2.45, 2.75) is 0 Å². The highest BCUT2D eigenvalue weighted by Gasteiger charge is 2.17. The minimum atomic E-state index is 0.208. The van der Waals surface area contributed by atoms with Gasteiger partial charge in [-0.25, -0.2) is 4.99 Å². The van der Waals surface area contributed by atoms with Crippen molar-refractivity contribution < 1.29 is 0 Å². The van der Waals surface area contributed by atoms with Gasteiger partial charge in [0.15, 0.2) is 5.84 Å². The van der Waals surface area contributed by atoms with Crippen LogP contribution in [-0.2, 0) is 0 Å². The second-order valence-corrected chi connectivity index (χ2v) is 17.1. The largest absolute Gasteiger partial charge is 0.309 e. The van der Waals surface area contributed by atoms with Gasteiger partial charge in [-0.05, 0) is 114 Å². The van der Waals surface area contributed by atoms with E-state index in [1.807, 2.05) is 30.3 Å². The predicted octanol–water partition coefficient (Wildman–Crippen LogP) is 16.8. The number of aromatic nitrogens is 1. The van der Waals surface area contributed by atoms with Crippen LogP contribution in [0.5, 0.6) is 0 Å². The van der Waals surface area contributed by atoms with E-state index in [9.17, 15) is 0 Å². The van der Waals surface area contributed by atoms with Crippen molar-refractivity contribution in [1.82, 2.24) is 4.57 Å². The summed E-state index contributed by atoms with van der Waals surface area (Å²) in [4.78, 5) is 5.03. The van der Waals surface area contributed by atoms with Crippen molar-refractivity contribution in [3.63, 3.8) is 0 Å². The molecule has 0 spiro atoms. The van der Waals surface area contributed by atoms with Crippen LogP contribution in [0.4, 0.5) is 0 Å². The molecule has 0 bridgehead atoms. The lowest BCUT2D eigenvalue weighted by Crippen LogP contribution is -2.05. The van der Waals surface area contributed by atoms with Crippen LogP contribution in [0.25, 0.3) is 99.3 Å². The standard InChI is InChI=1S/C64H43N3/c65-64(48-16-3-1-4-17-48)66-60(55-24-12-11-22-53(55)50-37-40-62-59(42-50)56-25-13-14-26-61(56)67(62)51-19-5-2-6-20-51)39-29-43-27-30-44(31-28-43)45-32-34-47(35-33-45)63-54-23-10-8-18-49(54)41-58-52-21-9-7-15-46(52)36-38-57(58)63/h1-42,65H/b39-29+,65-64?,66-60?. The number of rotatable bonds is 8. The molecule has 0 aliphatic carbocycles. The van der Waals surface area contributed by atoms with Crippen LogP contribution in [-0.4, -0.2) is 16.1 Å². The molecule has 1 N–H and O–H groups in total. The highest BCUT2D eigenvalue weighted by atomic mass is 15.0. The molecule has 1 aromatic heterocycles. The van der Waals surface area contributed by atoms with Crippen molar-refractivity contribution in [1.29, 1.82) is 5.41 Å². The zero-order valence-corrected chi connectivity index (χ0v) is 36.6. The lowest BCUT2D eigenvalue weighted by atomic mass is 9.89. The number of allylic oxidation sites excluding steroid dienone is 1. The number of fused-ring (bicyclic) bond motifs is 7. The van der Waals surface area contributed by atoms with E-state index in [4.69, 9.17) is 10.4 Å². The first kappa shape index (κ1) is 39.7. The third-order valence-corrected chi connectivity index (χ3v) is 13.1. The Morgan fingerprint density at radius 3 is 1.79 bits per heavy atom. The summed E-state index contributed by atoms with van der Waals surface area (Å²) in [5, 5.41) is 19.1. The van der Waals surface area contributed by atoms with Crippen LogP contribution in [0.3, 0.4) is 0 Å². The Morgan fingerprint density at radius 2 is 1.00 bits per heavy atom. The first-order chi connectivity index (χ1) is 33.1. The highest BCUT2D eigenvalue weighted by molar-refractivity contribution is 6.21. The third-order valence-electron chi connectivity index (χ3n) is 13.1. The van der Waals surface area contributed by atoms with E-state index in [1.54, 1.807) is 0 Å². The Bertz CT molecular complexity index is 3900. The molecule has 3 nitrogen and oxygen atoms in total. The predicted molar refractivity (Wildman–Crippen MR) is 285 cm³/mol.